The summed E-state index contributed by atoms with van der Waals surface area (Å²) in [5.41, 5.74) is 7.02. The van der Waals surface area contributed by atoms with Crippen molar-refractivity contribution < 1.29 is 9.59 Å². The maximum Gasteiger partial charge on any atom is 0.239 e. The predicted octanol–water partition coefficient (Wildman–Crippen LogP) is 2.70. The molecule has 1 fully saturated rings. The molecule has 0 bridgehead atoms. The van der Waals surface area contributed by atoms with Crippen LogP contribution < -0.4 is 11.1 Å². The number of nitrogens with one attached hydrogen (secondary N) is 1. The zero-order valence-electron chi connectivity index (χ0n) is 17.5. The van der Waals surface area contributed by atoms with Crippen LogP contribution in [0.1, 0.15) is 45.7 Å². The molecule has 1 saturated heterocycles. The molecule has 0 saturated carbocycles. The van der Waals surface area contributed by atoms with Gasteiger partial charge in [0, 0.05) is 24.4 Å². The maximum atomic E-state index is 12.8. The highest BCUT2D eigenvalue weighted by atomic mass is 16.2. The quantitative estimate of drug-likeness (QED) is 0.784. The molecule has 1 aromatic carbocycles. The molecule has 2 amide bonds. The van der Waals surface area contributed by atoms with E-state index >= 15 is 0 Å². The maximum absolute atomic E-state index is 12.8. The van der Waals surface area contributed by atoms with Crippen LogP contribution >= 0.6 is 0 Å². The normalized spacial score (nSPS) is 17.8. The number of hydrogen-bond acceptors (Lipinski definition) is 4. The average molecular weight is 398 g/mol. The lowest BCUT2D eigenvalue weighted by Crippen LogP contribution is -2.41. The summed E-state index contributed by atoms with van der Waals surface area (Å²) in [5.74, 6) is 0.540. The molecule has 3 N–H and O–H groups in total. The van der Waals surface area contributed by atoms with Crippen molar-refractivity contribution in [1.29, 1.82) is 0 Å². The number of para-hydroxylation sites is 1. The molecule has 29 heavy (non-hydrogen) atoms. The SMILES string of the molecule is CC(C)(C)c1cc(NC(=O)CN2CCCC(CC(N)=O)C2)n(-c2ccccc2)n1. The molecule has 1 aliphatic rings. The van der Waals surface area contributed by atoms with E-state index in [1.54, 1.807) is 4.68 Å². The first-order chi connectivity index (χ1) is 13.7. The van der Waals surface area contributed by atoms with E-state index in [1.165, 1.54) is 0 Å². The largest absolute Gasteiger partial charge is 0.370 e. The van der Waals surface area contributed by atoms with E-state index in [2.05, 4.69) is 31.0 Å². The Kier molecular flexibility index (Phi) is 6.37. The summed E-state index contributed by atoms with van der Waals surface area (Å²) in [6.07, 6.45) is 2.34. The van der Waals surface area contributed by atoms with Gasteiger partial charge in [0.15, 0.2) is 0 Å². The van der Waals surface area contributed by atoms with Crippen LogP contribution in [0.3, 0.4) is 0 Å². The molecule has 1 unspecified atom stereocenters. The third kappa shape index (κ3) is 5.67. The minimum atomic E-state index is -0.275. The molecule has 3 rings (SSSR count). The topological polar surface area (TPSA) is 93.3 Å². The summed E-state index contributed by atoms with van der Waals surface area (Å²) in [6, 6.07) is 11.7. The first-order valence-electron chi connectivity index (χ1n) is 10.2. The van der Waals surface area contributed by atoms with E-state index < -0.39 is 0 Å². The van der Waals surface area contributed by atoms with Gasteiger partial charge in [-0.2, -0.15) is 5.10 Å². The number of hydrogen-bond donors (Lipinski definition) is 2. The van der Waals surface area contributed by atoms with Crippen LogP contribution in [-0.4, -0.2) is 46.1 Å². The molecule has 1 atom stereocenters. The fraction of sp³-hybridized carbons (Fsp3) is 0.500. The number of anilines is 1. The number of aromatic nitrogens is 2. The fourth-order valence-corrected chi connectivity index (χ4v) is 3.73. The average Bonchev–Trinajstić information content (AvgIpc) is 3.06. The van der Waals surface area contributed by atoms with Crippen LogP contribution in [0.15, 0.2) is 36.4 Å². The lowest BCUT2D eigenvalue weighted by atomic mass is 9.92. The Hall–Kier alpha value is -2.67. The molecule has 1 aromatic heterocycles. The second-order valence-electron chi connectivity index (χ2n) is 8.87. The van der Waals surface area contributed by atoms with E-state index in [9.17, 15) is 9.59 Å². The zero-order chi connectivity index (χ0) is 21.0. The Morgan fingerprint density at radius 3 is 2.62 bits per heavy atom. The fourth-order valence-electron chi connectivity index (χ4n) is 3.73. The van der Waals surface area contributed by atoms with Crippen LogP contribution in [0.5, 0.6) is 0 Å². The van der Waals surface area contributed by atoms with Crippen LogP contribution in [-0.2, 0) is 15.0 Å². The molecule has 156 valence electrons. The van der Waals surface area contributed by atoms with Gasteiger partial charge in [-0.15, -0.1) is 0 Å². The van der Waals surface area contributed by atoms with Gasteiger partial charge in [0.05, 0.1) is 17.9 Å². The molecule has 7 heteroatoms. The Morgan fingerprint density at radius 2 is 1.97 bits per heavy atom. The number of carbonyl (C=O) groups excluding carboxylic acids is 2. The summed E-state index contributed by atoms with van der Waals surface area (Å²) in [7, 11) is 0. The van der Waals surface area contributed by atoms with Gasteiger partial charge < -0.3 is 11.1 Å². The predicted molar refractivity (Wildman–Crippen MR) is 114 cm³/mol. The van der Waals surface area contributed by atoms with Crippen LogP contribution in [0, 0.1) is 5.92 Å². The Bertz CT molecular complexity index is 854. The van der Waals surface area contributed by atoms with Crippen molar-refractivity contribution >= 4 is 17.6 Å². The van der Waals surface area contributed by atoms with Crippen molar-refractivity contribution in [3.63, 3.8) is 0 Å². The molecule has 0 spiro atoms. The number of nitrogens with two attached hydrogens (primary N) is 1. The van der Waals surface area contributed by atoms with Gasteiger partial charge in [-0.25, -0.2) is 4.68 Å². The van der Waals surface area contributed by atoms with Gasteiger partial charge in [0.25, 0.3) is 0 Å². The number of carbonyl (C=O) groups is 2. The van der Waals surface area contributed by atoms with Crippen molar-refractivity contribution in [2.45, 2.75) is 45.4 Å². The van der Waals surface area contributed by atoms with Crippen molar-refractivity contribution in [3.8, 4) is 5.69 Å². The highest BCUT2D eigenvalue weighted by molar-refractivity contribution is 5.91. The highest BCUT2D eigenvalue weighted by Crippen LogP contribution is 2.26. The van der Waals surface area contributed by atoms with Gasteiger partial charge in [-0.3, -0.25) is 14.5 Å². The van der Waals surface area contributed by atoms with Gasteiger partial charge in [-0.05, 0) is 37.4 Å². The summed E-state index contributed by atoms with van der Waals surface area (Å²) < 4.78 is 1.78. The third-order valence-corrected chi connectivity index (χ3v) is 5.21. The van der Waals surface area contributed by atoms with Gasteiger partial charge in [-0.1, -0.05) is 39.0 Å². The van der Waals surface area contributed by atoms with E-state index in [-0.39, 0.29) is 23.1 Å². The summed E-state index contributed by atoms with van der Waals surface area (Å²) >= 11 is 0. The van der Waals surface area contributed by atoms with Crippen LogP contribution in [0.25, 0.3) is 5.69 Å². The molecule has 7 nitrogen and oxygen atoms in total. The second-order valence-corrected chi connectivity index (χ2v) is 8.87. The highest BCUT2D eigenvalue weighted by Gasteiger charge is 2.25. The number of benzene rings is 1. The number of nitrogens with zero attached hydrogens (tertiary/aromatic N) is 3. The first-order valence-corrected chi connectivity index (χ1v) is 10.2. The Labute approximate surface area is 172 Å². The third-order valence-electron chi connectivity index (χ3n) is 5.21. The van der Waals surface area contributed by atoms with E-state index in [0.717, 1.165) is 37.3 Å². The standard InChI is InChI=1S/C22H31N5O2/c1-22(2,3)18-13-20(27(25-18)17-9-5-4-6-10-17)24-21(29)15-26-11-7-8-16(14-26)12-19(23)28/h4-6,9-10,13,16H,7-8,11-12,14-15H2,1-3H3,(H2,23,28)(H,24,29). The van der Waals surface area contributed by atoms with Gasteiger partial charge in [0.2, 0.25) is 11.8 Å². The first kappa shape index (κ1) is 21.0. The second kappa shape index (κ2) is 8.78. The Morgan fingerprint density at radius 1 is 1.24 bits per heavy atom. The number of piperidine rings is 1. The van der Waals surface area contributed by atoms with Gasteiger partial charge in [0.1, 0.15) is 5.82 Å². The summed E-state index contributed by atoms with van der Waals surface area (Å²) in [5, 5.41) is 7.77. The van der Waals surface area contributed by atoms with Crippen LogP contribution in [0.4, 0.5) is 5.82 Å². The zero-order valence-corrected chi connectivity index (χ0v) is 17.5. The van der Waals surface area contributed by atoms with Crippen LogP contribution in [0.2, 0.25) is 0 Å². The van der Waals surface area contributed by atoms with Gasteiger partial charge >= 0.3 is 0 Å². The Balaban J connectivity index is 1.72. The number of rotatable bonds is 6. The lowest BCUT2D eigenvalue weighted by Gasteiger charge is -2.31. The van der Waals surface area contributed by atoms with Crippen molar-refractivity contribution in [3.05, 3.63) is 42.1 Å². The number of primary amides is 1. The molecule has 2 heterocycles. The van der Waals surface area contributed by atoms with Crippen molar-refractivity contribution in [1.82, 2.24) is 14.7 Å². The molecule has 1 aliphatic heterocycles. The monoisotopic (exact) mass is 397 g/mol. The summed E-state index contributed by atoms with van der Waals surface area (Å²) in [6.45, 7) is 8.17. The molecular formula is C22H31N5O2. The number of likely N-dealkylation sites (tertiary alicyclic amines) is 1. The smallest absolute Gasteiger partial charge is 0.239 e. The minimum absolute atomic E-state index is 0.0812. The van der Waals surface area contributed by atoms with Crippen molar-refractivity contribution in [2.24, 2.45) is 11.7 Å². The number of amides is 2. The van der Waals surface area contributed by atoms with Crippen molar-refractivity contribution in [2.75, 3.05) is 25.0 Å². The molecule has 2 aromatic rings. The molecule has 0 aliphatic carbocycles. The molecular weight excluding hydrogens is 366 g/mol. The van der Waals surface area contributed by atoms with E-state index in [4.69, 9.17) is 10.8 Å². The molecule has 0 radical (unpaired) electrons. The van der Waals surface area contributed by atoms with E-state index in [1.807, 2.05) is 36.4 Å². The van der Waals surface area contributed by atoms with E-state index in [0.29, 0.717) is 18.8 Å². The lowest BCUT2D eigenvalue weighted by molar-refractivity contribution is -0.119. The summed E-state index contributed by atoms with van der Waals surface area (Å²) in [4.78, 5) is 26.1. The minimum Gasteiger partial charge on any atom is -0.370 e.